The topological polar surface area (TPSA) is 147 Å². The fourth-order valence-corrected chi connectivity index (χ4v) is 5.48. The van der Waals surface area contributed by atoms with Gasteiger partial charge >= 0.3 is 0 Å². The number of hydrogen-bond acceptors (Lipinski definition) is 9. The smallest absolute Gasteiger partial charge is 0.234 e. The normalized spacial score (nSPS) is 11.7. The van der Waals surface area contributed by atoms with Crippen molar-refractivity contribution < 1.29 is 13.2 Å². The van der Waals surface area contributed by atoms with Crippen LogP contribution in [-0.4, -0.2) is 49.8 Å². The SMILES string of the molecule is CCn1c2ccccc2c2nnc(SCC(=O)Nc3ccc(S(=O)(=O)[N-]c4nc(C)cc(C)n4)cc3)nc21. The number of thioether (sulfide) groups is 1. The number of amides is 1. The molecule has 0 radical (unpaired) electrons. The maximum Gasteiger partial charge on any atom is 0.234 e. The second-order valence-corrected chi connectivity index (χ2v) is 11.0. The Morgan fingerprint density at radius 1 is 1.00 bits per heavy atom. The van der Waals surface area contributed by atoms with E-state index >= 15 is 0 Å². The summed E-state index contributed by atoms with van der Waals surface area (Å²) in [6.45, 7) is 6.24. The predicted molar refractivity (Wildman–Crippen MR) is 146 cm³/mol. The van der Waals surface area contributed by atoms with Crippen LogP contribution in [0, 0.1) is 13.8 Å². The first-order chi connectivity index (χ1) is 18.2. The molecule has 194 valence electrons. The second kappa shape index (κ2) is 10.3. The first-order valence-electron chi connectivity index (χ1n) is 11.7. The Labute approximate surface area is 223 Å². The molecule has 1 amide bonds. The van der Waals surface area contributed by atoms with E-state index in [4.69, 9.17) is 0 Å². The average molecular weight is 548 g/mol. The molecule has 5 aromatic rings. The molecule has 0 spiro atoms. The molecule has 0 aliphatic carbocycles. The molecule has 1 N–H and O–H groups in total. The highest BCUT2D eigenvalue weighted by atomic mass is 32.2. The maximum absolute atomic E-state index is 12.7. The highest BCUT2D eigenvalue weighted by molar-refractivity contribution is 7.99. The number of rotatable bonds is 8. The van der Waals surface area contributed by atoms with Crippen molar-refractivity contribution in [1.29, 1.82) is 0 Å². The molecule has 13 heteroatoms. The zero-order valence-electron chi connectivity index (χ0n) is 20.8. The number of nitrogens with one attached hydrogen (secondary N) is 1. The molecule has 38 heavy (non-hydrogen) atoms. The number of carbonyl (C=O) groups excluding carboxylic acids is 1. The molecule has 0 bridgehead atoms. The molecule has 0 atom stereocenters. The molecule has 11 nitrogen and oxygen atoms in total. The van der Waals surface area contributed by atoms with E-state index in [1.807, 2.05) is 31.2 Å². The predicted octanol–water partition coefficient (Wildman–Crippen LogP) is 4.53. The van der Waals surface area contributed by atoms with E-state index in [1.165, 1.54) is 36.0 Å². The molecule has 5 rings (SSSR count). The highest BCUT2D eigenvalue weighted by Gasteiger charge is 2.15. The number of carbonyl (C=O) groups is 1. The number of fused-ring (bicyclic) bond motifs is 3. The van der Waals surface area contributed by atoms with Gasteiger partial charge in [0.1, 0.15) is 5.52 Å². The van der Waals surface area contributed by atoms with Crippen LogP contribution in [0.1, 0.15) is 18.3 Å². The van der Waals surface area contributed by atoms with E-state index < -0.39 is 10.0 Å². The van der Waals surface area contributed by atoms with Gasteiger partial charge in [-0.25, -0.2) is 13.4 Å². The minimum atomic E-state index is -4.01. The molecule has 0 fully saturated rings. The van der Waals surface area contributed by atoms with Gasteiger partial charge in [-0.2, -0.15) is 0 Å². The lowest BCUT2D eigenvalue weighted by atomic mass is 10.2. The summed E-state index contributed by atoms with van der Waals surface area (Å²) in [7, 11) is -4.01. The molecule has 0 saturated heterocycles. The Morgan fingerprint density at radius 3 is 2.42 bits per heavy atom. The maximum atomic E-state index is 12.7. The highest BCUT2D eigenvalue weighted by Crippen LogP contribution is 2.28. The molecule has 0 saturated carbocycles. The van der Waals surface area contributed by atoms with Crippen LogP contribution in [0.4, 0.5) is 11.6 Å². The van der Waals surface area contributed by atoms with Crippen LogP contribution in [0.15, 0.2) is 64.6 Å². The lowest BCUT2D eigenvalue weighted by Crippen LogP contribution is -2.14. The number of para-hydroxylation sites is 1. The zero-order valence-corrected chi connectivity index (χ0v) is 22.4. The lowest BCUT2D eigenvalue weighted by molar-refractivity contribution is -0.113. The number of aromatic nitrogens is 6. The third kappa shape index (κ3) is 5.29. The zero-order chi connectivity index (χ0) is 26.9. The molecule has 3 aromatic heterocycles. The van der Waals surface area contributed by atoms with Crippen molar-refractivity contribution in [1.82, 2.24) is 29.7 Å². The van der Waals surface area contributed by atoms with Gasteiger partial charge in [-0.05, 0) is 62.5 Å². The fraction of sp³-hybridized carbons (Fsp3) is 0.200. The van der Waals surface area contributed by atoms with E-state index in [2.05, 4.69) is 39.8 Å². The van der Waals surface area contributed by atoms with Gasteiger partial charge in [0.05, 0.1) is 16.2 Å². The van der Waals surface area contributed by atoms with Crippen molar-refractivity contribution in [3.8, 4) is 0 Å². The minimum absolute atomic E-state index is 0.0354. The van der Waals surface area contributed by atoms with Crippen molar-refractivity contribution in [2.24, 2.45) is 0 Å². The largest absolute Gasteiger partial charge is 0.363 e. The summed E-state index contributed by atoms with van der Waals surface area (Å²) in [6, 6.07) is 15.4. The van der Waals surface area contributed by atoms with Crippen LogP contribution in [0.3, 0.4) is 0 Å². The molecule has 2 aromatic carbocycles. The van der Waals surface area contributed by atoms with Crippen molar-refractivity contribution >= 4 is 61.4 Å². The van der Waals surface area contributed by atoms with Crippen LogP contribution in [0.5, 0.6) is 0 Å². The number of nitrogens with zero attached hydrogens (tertiary/aromatic N) is 7. The first kappa shape index (κ1) is 25.5. The number of hydrogen-bond donors (Lipinski definition) is 1. The van der Waals surface area contributed by atoms with Crippen LogP contribution < -0.4 is 5.32 Å². The summed E-state index contributed by atoms with van der Waals surface area (Å²) in [5.41, 5.74) is 4.17. The number of sulfonamides is 1. The number of anilines is 1. The van der Waals surface area contributed by atoms with Crippen molar-refractivity contribution in [3.63, 3.8) is 0 Å². The standard InChI is InChI=1S/C25H24N8O3S2/c1-4-33-20-8-6-5-7-19(20)22-23(33)29-25(31-30-22)37-14-21(34)28-17-9-11-18(12-10-17)38(35,36)32-24-26-15(2)13-16(3)27-24/h5-13H,4,14H2,1-3H3,(H2,26,27,28,32,34)/p-1. The summed E-state index contributed by atoms with van der Waals surface area (Å²) < 4.78 is 31.1. The van der Waals surface area contributed by atoms with Gasteiger partial charge < -0.3 is 19.9 Å². The fourth-order valence-electron chi connectivity index (χ4n) is 4.02. The lowest BCUT2D eigenvalue weighted by Gasteiger charge is -2.15. The summed E-state index contributed by atoms with van der Waals surface area (Å²) in [5.74, 6) is -0.358. The van der Waals surface area contributed by atoms with E-state index in [9.17, 15) is 13.2 Å². The van der Waals surface area contributed by atoms with Crippen LogP contribution in [0.25, 0.3) is 26.8 Å². The molecular formula is C25H23N8O3S2-. The van der Waals surface area contributed by atoms with E-state index in [0.717, 1.165) is 28.6 Å². The molecule has 0 aliphatic rings. The van der Waals surface area contributed by atoms with Crippen LogP contribution in [0.2, 0.25) is 0 Å². The molecule has 3 heterocycles. The summed E-state index contributed by atoms with van der Waals surface area (Å²) in [4.78, 5) is 25.2. The summed E-state index contributed by atoms with van der Waals surface area (Å²) >= 11 is 1.17. The van der Waals surface area contributed by atoms with Gasteiger partial charge in [-0.15, -0.1) is 10.2 Å². The third-order valence-electron chi connectivity index (χ3n) is 5.61. The first-order valence-corrected chi connectivity index (χ1v) is 14.1. The Hall–Kier alpha value is -4.10. The summed E-state index contributed by atoms with van der Waals surface area (Å²) in [6.07, 6.45) is 0. The third-order valence-corrected chi connectivity index (χ3v) is 7.72. The van der Waals surface area contributed by atoms with E-state index in [-0.39, 0.29) is 22.5 Å². The Balaban J connectivity index is 1.23. The Bertz CT molecular complexity index is 1750. The van der Waals surface area contributed by atoms with E-state index in [0.29, 0.717) is 22.2 Å². The van der Waals surface area contributed by atoms with Crippen molar-refractivity contribution in [2.45, 2.75) is 37.4 Å². The van der Waals surface area contributed by atoms with Gasteiger partial charge in [0, 0.05) is 23.6 Å². The molecule has 0 unspecified atom stereocenters. The number of benzene rings is 2. The van der Waals surface area contributed by atoms with Gasteiger partial charge in [0.15, 0.2) is 5.65 Å². The van der Waals surface area contributed by atoms with Gasteiger partial charge in [-0.3, -0.25) is 9.52 Å². The van der Waals surface area contributed by atoms with Gasteiger partial charge in [0.2, 0.25) is 21.1 Å². The van der Waals surface area contributed by atoms with Crippen LogP contribution in [-0.2, 0) is 21.4 Å². The minimum Gasteiger partial charge on any atom is -0.363 e. The Morgan fingerprint density at radius 2 is 1.71 bits per heavy atom. The number of aryl methyl sites for hydroxylation is 3. The quantitative estimate of drug-likeness (QED) is 0.277. The van der Waals surface area contributed by atoms with Crippen LogP contribution >= 0.6 is 11.8 Å². The second-order valence-electron chi connectivity index (χ2n) is 8.41. The summed E-state index contributed by atoms with van der Waals surface area (Å²) in [5, 5.41) is 12.7. The van der Waals surface area contributed by atoms with Crippen molar-refractivity contribution in [3.05, 3.63) is 70.7 Å². The van der Waals surface area contributed by atoms with Gasteiger partial charge in [-0.1, -0.05) is 36.0 Å². The monoisotopic (exact) mass is 547 g/mol. The molecule has 0 aliphatic heterocycles. The van der Waals surface area contributed by atoms with Crippen molar-refractivity contribution in [2.75, 3.05) is 11.1 Å². The molecular weight excluding hydrogens is 524 g/mol. The Kier molecular flexibility index (Phi) is 6.95. The average Bonchev–Trinajstić information content (AvgIpc) is 3.20. The van der Waals surface area contributed by atoms with Gasteiger partial charge in [0.25, 0.3) is 0 Å². The van der Waals surface area contributed by atoms with E-state index in [1.54, 1.807) is 19.9 Å².